The second kappa shape index (κ2) is 8.29. The van der Waals surface area contributed by atoms with Crippen LogP contribution in [0.1, 0.15) is 54.4 Å². The minimum atomic E-state index is 0.164. The predicted molar refractivity (Wildman–Crippen MR) is 107 cm³/mol. The monoisotopic (exact) mass is 371 g/mol. The van der Waals surface area contributed by atoms with Crippen molar-refractivity contribution in [2.24, 2.45) is 0 Å². The van der Waals surface area contributed by atoms with Gasteiger partial charge in [-0.05, 0) is 63.3 Å². The molecule has 2 heterocycles. The molecule has 2 aliphatic heterocycles. The molecule has 1 N–H and O–H groups in total. The van der Waals surface area contributed by atoms with E-state index in [4.69, 9.17) is 4.74 Å². The summed E-state index contributed by atoms with van der Waals surface area (Å²) >= 11 is 0. The first kappa shape index (κ1) is 18.9. The van der Waals surface area contributed by atoms with Crippen molar-refractivity contribution in [2.45, 2.75) is 56.7 Å². The van der Waals surface area contributed by atoms with Gasteiger partial charge in [-0.1, -0.05) is 12.1 Å². The molecule has 1 aromatic rings. The maximum Gasteiger partial charge on any atom is 0.253 e. The van der Waals surface area contributed by atoms with E-state index < -0.39 is 0 Å². The Bertz CT molecular complexity index is 621. The molecule has 0 bridgehead atoms. The molecule has 0 unspecified atom stereocenters. The van der Waals surface area contributed by atoms with E-state index >= 15 is 0 Å². The van der Waals surface area contributed by atoms with Crippen molar-refractivity contribution in [3.8, 4) is 0 Å². The van der Waals surface area contributed by atoms with E-state index in [1.165, 1.54) is 44.1 Å². The van der Waals surface area contributed by atoms with E-state index in [-0.39, 0.29) is 11.5 Å². The molecule has 1 saturated carbocycles. The number of rotatable bonds is 4. The molecule has 0 atom stereocenters. The number of carbonyl (C=O) groups is 1. The normalized spacial score (nSPS) is 29.4. The molecule has 1 aliphatic carbocycles. The second-order valence-electron chi connectivity index (χ2n) is 8.58. The molecule has 1 aromatic carbocycles. The van der Waals surface area contributed by atoms with Gasteiger partial charge in [0.1, 0.15) is 0 Å². The number of nitrogens with zero attached hydrogens (tertiary/aromatic N) is 2. The summed E-state index contributed by atoms with van der Waals surface area (Å²) in [5.41, 5.74) is 2.27. The molecule has 0 radical (unpaired) electrons. The molecule has 2 saturated heterocycles. The molecular weight excluding hydrogens is 338 g/mol. The van der Waals surface area contributed by atoms with Crippen molar-refractivity contribution in [3.05, 3.63) is 35.4 Å². The Hall–Kier alpha value is -1.43. The Balaban J connectivity index is 1.24. The van der Waals surface area contributed by atoms with Gasteiger partial charge in [0, 0.05) is 50.9 Å². The summed E-state index contributed by atoms with van der Waals surface area (Å²) in [6.45, 7) is 5.40. The fraction of sp³-hybridized carbons (Fsp3) is 0.682. The molecule has 27 heavy (non-hydrogen) atoms. The van der Waals surface area contributed by atoms with E-state index in [0.717, 1.165) is 44.9 Å². The average Bonchev–Trinajstić information content (AvgIpc) is 3.16. The lowest BCUT2D eigenvalue weighted by atomic mass is 9.80. The third-order valence-corrected chi connectivity index (χ3v) is 6.67. The summed E-state index contributed by atoms with van der Waals surface area (Å²) in [6.07, 6.45) is 7.30. The highest BCUT2D eigenvalue weighted by Crippen LogP contribution is 2.39. The third-order valence-electron chi connectivity index (χ3n) is 6.67. The first-order valence-electron chi connectivity index (χ1n) is 10.6. The third kappa shape index (κ3) is 4.53. The van der Waals surface area contributed by atoms with Crippen molar-refractivity contribution in [1.82, 2.24) is 15.1 Å². The van der Waals surface area contributed by atoms with Gasteiger partial charge in [-0.25, -0.2) is 0 Å². The number of hydrogen-bond donors (Lipinski definition) is 1. The minimum Gasteiger partial charge on any atom is -0.375 e. The Morgan fingerprint density at radius 3 is 2.44 bits per heavy atom. The number of likely N-dealkylation sites (N-methyl/N-ethyl adjacent to an activating group) is 1. The van der Waals surface area contributed by atoms with Gasteiger partial charge >= 0.3 is 0 Å². The fourth-order valence-electron chi connectivity index (χ4n) is 4.72. The lowest BCUT2D eigenvalue weighted by molar-refractivity contribution is -0.0301. The van der Waals surface area contributed by atoms with Crippen LogP contribution in [0.4, 0.5) is 0 Å². The summed E-state index contributed by atoms with van der Waals surface area (Å²) in [5, 5.41) is 3.70. The smallest absolute Gasteiger partial charge is 0.253 e. The molecule has 4 rings (SSSR count). The summed E-state index contributed by atoms with van der Waals surface area (Å²) in [4.78, 5) is 16.9. The van der Waals surface area contributed by atoms with Crippen LogP contribution in [0.5, 0.6) is 0 Å². The van der Waals surface area contributed by atoms with Crippen LogP contribution in [0.2, 0.25) is 0 Å². The number of nitrogens with one attached hydrogen (secondary N) is 1. The zero-order chi connectivity index (χ0) is 18.7. The lowest BCUT2D eigenvalue weighted by Gasteiger charge is -2.36. The Morgan fingerprint density at radius 2 is 1.81 bits per heavy atom. The minimum absolute atomic E-state index is 0.164. The Morgan fingerprint density at radius 1 is 1.11 bits per heavy atom. The molecule has 3 fully saturated rings. The van der Waals surface area contributed by atoms with Gasteiger partial charge in [0.2, 0.25) is 0 Å². The number of piperazine rings is 1. The van der Waals surface area contributed by atoms with Crippen LogP contribution in [-0.4, -0.2) is 67.2 Å². The van der Waals surface area contributed by atoms with E-state index in [0.29, 0.717) is 6.04 Å². The SMILES string of the molecule is CN1CCN(C(=O)c2ccc(CNC3CCC4(CCCO4)CC3)cc2)CC1. The summed E-state index contributed by atoms with van der Waals surface area (Å²) in [7, 11) is 2.11. The van der Waals surface area contributed by atoms with E-state index in [9.17, 15) is 4.79 Å². The van der Waals surface area contributed by atoms with Gasteiger partial charge in [0.05, 0.1) is 5.60 Å². The summed E-state index contributed by atoms with van der Waals surface area (Å²) in [5.74, 6) is 0.164. The molecule has 0 aromatic heterocycles. The zero-order valence-corrected chi connectivity index (χ0v) is 16.6. The van der Waals surface area contributed by atoms with Gasteiger partial charge in [0.15, 0.2) is 0 Å². The zero-order valence-electron chi connectivity index (χ0n) is 16.6. The van der Waals surface area contributed by atoms with Crippen LogP contribution < -0.4 is 5.32 Å². The van der Waals surface area contributed by atoms with Gasteiger partial charge in [-0.2, -0.15) is 0 Å². The maximum atomic E-state index is 12.6. The van der Waals surface area contributed by atoms with Gasteiger partial charge in [-0.3, -0.25) is 4.79 Å². The number of amides is 1. The van der Waals surface area contributed by atoms with Crippen molar-refractivity contribution in [2.75, 3.05) is 39.8 Å². The van der Waals surface area contributed by atoms with Gasteiger partial charge in [-0.15, -0.1) is 0 Å². The molecule has 3 aliphatic rings. The van der Waals surface area contributed by atoms with Crippen LogP contribution in [0.3, 0.4) is 0 Å². The lowest BCUT2D eigenvalue weighted by Crippen LogP contribution is -2.47. The number of benzene rings is 1. The number of hydrogen-bond acceptors (Lipinski definition) is 4. The van der Waals surface area contributed by atoms with Crippen molar-refractivity contribution < 1.29 is 9.53 Å². The van der Waals surface area contributed by atoms with E-state index in [1.54, 1.807) is 0 Å². The highest BCUT2D eigenvalue weighted by Gasteiger charge is 2.38. The van der Waals surface area contributed by atoms with Crippen LogP contribution in [0.25, 0.3) is 0 Å². The quantitative estimate of drug-likeness (QED) is 0.884. The molecule has 1 amide bonds. The molecule has 5 heteroatoms. The number of ether oxygens (including phenoxy) is 1. The van der Waals surface area contributed by atoms with Crippen molar-refractivity contribution >= 4 is 5.91 Å². The van der Waals surface area contributed by atoms with Gasteiger partial charge < -0.3 is 19.9 Å². The fourth-order valence-corrected chi connectivity index (χ4v) is 4.72. The summed E-state index contributed by atoms with van der Waals surface area (Å²) in [6, 6.07) is 8.76. The van der Waals surface area contributed by atoms with Crippen molar-refractivity contribution in [3.63, 3.8) is 0 Å². The van der Waals surface area contributed by atoms with Crippen molar-refractivity contribution in [1.29, 1.82) is 0 Å². The highest BCUT2D eigenvalue weighted by atomic mass is 16.5. The molecular formula is C22H33N3O2. The molecule has 1 spiro atoms. The topological polar surface area (TPSA) is 44.8 Å². The Labute approximate surface area is 163 Å². The molecule has 148 valence electrons. The highest BCUT2D eigenvalue weighted by molar-refractivity contribution is 5.94. The van der Waals surface area contributed by atoms with Crippen LogP contribution in [0.15, 0.2) is 24.3 Å². The Kier molecular flexibility index (Phi) is 5.81. The number of carbonyl (C=O) groups excluding carboxylic acids is 1. The average molecular weight is 372 g/mol. The van der Waals surface area contributed by atoms with Crippen LogP contribution in [0, 0.1) is 0 Å². The van der Waals surface area contributed by atoms with Crippen LogP contribution >= 0.6 is 0 Å². The first-order chi connectivity index (χ1) is 13.1. The molecule has 5 nitrogen and oxygen atoms in total. The largest absolute Gasteiger partial charge is 0.375 e. The predicted octanol–water partition coefficient (Wildman–Crippen LogP) is 2.66. The van der Waals surface area contributed by atoms with Gasteiger partial charge in [0.25, 0.3) is 5.91 Å². The standard InChI is InChI=1S/C22H33N3O2/c1-24-12-14-25(15-13-24)21(26)19-5-3-18(4-6-19)17-23-20-7-10-22(11-8-20)9-2-16-27-22/h3-6,20,23H,2,7-17H2,1H3. The van der Waals surface area contributed by atoms with E-state index in [1.807, 2.05) is 17.0 Å². The maximum absolute atomic E-state index is 12.6. The second-order valence-corrected chi connectivity index (χ2v) is 8.58. The van der Waals surface area contributed by atoms with Crippen LogP contribution in [-0.2, 0) is 11.3 Å². The van der Waals surface area contributed by atoms with E-state index in [2.05, 4.69) is 29.4 Å². The first-order valence-corrected chi connectivity index (χ1v) is 10.6. The summed E-state index contributed by atoms with van der Waals surface area (Å²) < 4.78 is 6.02.